The van der Waals surface area contributed by atoms with Crippen LogP contribution in [0.1, 0.15) is 57.4 Å². The highest BCUT2D eigenvalue weighted by Gasteiger charge is 2.52. The van der Waals surface area contributed by atoms with E-state index in [0.29, 0.717) is 18.8 Å². The molecule has 8 nitrogen and oxygen atoms in total. The second-order valence-corrected chi connectivity index (χ2v) is 10.2. The van der Waals surface area contributed by atoms with E-state index in [1.54, 1.807) is 19.1 Å². The average molecular weight is 553 g/mol. The number of pyridine rings is 1. The van der Waals surface area contributed by atoms with E-state index in [0.717, 1.165) is 22.9 Å². The topological polar surface area (TPSA) is 101 Å². The van der Waals surface area contributed by atoms with E-state index in [2.05, 4.69) is 29.5 Å². The maximum atomic E-state index is 14.4. The third kappa shape index (κ3) is 5.18. The van der Waals surface area contributed by atoms with Crippen LogP contribution in [0.5, 0.6) is 0 Å². The fourth-order valence-electron chi connectivity index (χ4n) is 4.97. The molecule has 0 unspecified atom stereocenters. The first-order valence-corrected chi connectivity index (χ1v) is 12.8. The standard InChI is InChI=1S/C29H30ClFN4O4/c1-16(2)18-8-6-7-9-20(18)29(14-35(15-29)25-11-10-23(27(37)39-5)33-17(25)3)28(38)34-24-13-22(31)21(30)12-19(24)26(36)32-4/h6-13,16H,14-15H2,1-5H3,(H,32,36)(H,34,38). The fourth-order valence-corrected chi connectivity index (χ4v) is 5.13. The number of ether oxygens (including phenoxy) is 1. The lowest BCUT2D eigenvalue weighted by atomic mass is 9.69. The van der Waals surface area contributed by atoms with Crippen LogP contribution in [-0.4, -0.2) is 50.0 Å². The molecule has 0 bridgehead atoms. The molecule has 2 aromatic carbocycles. The van der Waals surface area contributed by atoms with Crippen molar-refractivity contribution >= 4 is 40.8 Å². The molecule has 3 aromatic rings. The number of halogens is 2. The molecule has 0 radical (unpaired) electrons. The minimum absolute atomic E-state index is 0.0291. The van der Waals surface area contributed by atoms with Crippen molar-refractivity contribution in [3.05, 3.63) is 87.4 Å². The molecule has 10 heteroatoms. The lowest BCUT2D eigenvalue weighted by Crippen LogP contribution is -2.65. The minimum Gasteiger partial charge on any atom is -0.464 e. The zero-order valence-corrected chi connectivity index (χ0v) is 23.1. The largest absolute Gasteiger partial charge is 0.464 e. The van der Waals surface area contributed by atoms with Crippen molar-refractivity contribution in [3.63, 3.8) is 0 Å². The molecule has 1 aliphatic rings. The number of methoxy groups -OCH3 is 1. The lowest BCUT2D eigenvalue weighted by molar-refractivity contribution is -0.122. The van der Waals surface area contributed by atoms with Gasteiger partial charge in [-0.1, -0.05) is 49.7 Å². The monoisotopic (exact) mass is 552 g/mol. The highest BCUT2D eigenvalue weighted by molar-refractivity contribution is 6.31. The molecule has 2 heterocycles. The Bertz CT molecular complexity index is 1450. The molecule has 1 saturated heterocycles. The van der Waals surface area contributed by atoms with Crippen LogP contribution in [0.3, 0.4) is 0 Å². The number of hydrogen-bond acceptors (Lipinski definition) is 6. The number of benzene rings is 2. The first kappa shape index (κ1) is 28.0. The average Bonchev–Trinajstić information content (AvgIpc) is 2.89. The number of rotatable bonds is 7. The number of carbonyl (C=O) groups excluding carboxylic acids is 3. The van der Waals surface area contributed by atoms with Gasteiger partial charge in [0.2, 0.25) is 5.91 Å². The summed E-state index contributed by atoms with van der Waals surface area (Å²) in [7, 11) is 2.74. The second-order valence-electron chi connectivity index (χ2n) is 9.82. The minimum atomic E-state index is -1.01. The first-order valence-electron chi connectivity index (χ1n) is 12.4. The van der Waals surface area contributed by atoms with Gasteiger partial charge in [0, 0.05) is 20.1 Å². The van der Waals surface area contributed by atoms with Gasteiger partial charge >= 0.3 is 5.97 Å². The van der Waals surface area contributed by atoms with Crippen molar-refractivity contribution in [2.45, 2.75) is 32.1 Å². The summed E-state index contributed by atoms with van der Waals surface area (Å²) >= 11 is 5.94. The number of anilines is 2. The quantitative estimate of drug-likeness (QED) is 0.406. The van der Waals surface area contributed by atoms with Crippen molar-refractivity contribution in [2.24, 2.45) is 0 Å². The van der Waals surface area contributed by atoms with E-state index in [-0.39, 0.29) is 33.8 Å². The fraction of sp³-hybridized carbons (Fsp3) is 0.310. The molecule has 2 N–H and O–H groups in total. The number of aromatic nitrogens is 1. The van der Waals surface area contributed by atoms with E-state index in [4.69, 9.17) is 16.3 Å². The van der Waals surface area contributed by atoms with Crippen molar-refractivity contribution in [2.75, 3.05) is 37.5 Å². The number of aryl methyl sites for hydroxylation is 1. The second kappa shape index (κ2) is 11.0. The van der Waals surface area contributed by atoms with Crippen LogP contribution in [0.25, 0.3) is 0 Å². The van der Waals surface area contributed by atoms with Gasteiger partial charge in [-0.05, 0) is 48.2 Å². The Balaban J connectivity index is 1.75. The summed E-state index contributed by atoms with van der Waals surface area (Å²) in [4.78, 5) is 44.9. The third-order valence-corrected chi connectivity index (χ3v) is 7.32. The van der Waals surface area contributed by atoms with Crippen molar-refractivity contribution in [1.29, 1.82) is 0 Å². The predicted molar refractivity (Wildman–Crippen MR) is 148 cm³/mol. The van der Waals surface area contributed by atoms with Gasteiger partial charge in [0.1, 0.15) is 16.9 Å². The highest BCUT2D eigenvalue weighted by Crippen LogP contribution is 2.43. The molecule has 0 aliphatic carbocycles. The van der Waals surface area contributed by atoms with Crippen LogP contribution < -0.4 is 15.5 Å². The summed E-state index contributed by atoms with van der Waals surface area (Å²) in [6.45, 7) is 6.50. The molecule has 204 valence electrons. The number of nitrogens with zero attached hydrogens (tertiary/aromatic N) is 2. The normalized spacial score (nSPS) is 14.0. The molecule has 2 amide bonds. The van der Waals surface area contributed by atoms with Gasteiger partial charge in [0.05, 0.1) is 34.8 Å². The van der Waals surface area contributed by atoms with Gasteiger partial charge in [-0.3, -0.25) is 9.59 Å². The number of hydrogen-bond donors (Lipinski definition) is 2. The number of nitrogens with one attached hydrogen (secondary N) is 2. The first-order chi connectivity index (χ1) is 18.5. The SMILES string of the molecule is CNC(=O)c1cc(Cl)c(F)cc1NC(=O)C1(c2ccccc2C(C)C)CN(c2ccc(C(=O)OC)nc2C)C1. The van der Waals surface area contributed by atoms with Crippen LogP contribution in [0.4, 0.5) is 15.8 Å². The van der Waals surface area contributed by atoms with E-state index in [9.17, 15) is 18.8 Å². The number of carbonyl (C=O) groups is 3. The highest BCUT2D eigenvalue weighted by atomic mass is 35.5. The van der Waals surface area contributed by atoms with Crippen LogP contribution in [0.15, 0.2) is 48.5 Å². The molecule has 1 aliphatic heterocycles. The Labute approximate surface area is 231 Å². The zero-order valence-electron chi connectivity index (χ0n) is 22.4. The van der Waals surface area contributed by atoms with Crippen LogP contribution in [-0.2, 0) is 14.9 Å². The molecular weight excluding hydrogens is 523 g/mol. The molecule has 4 rings (SSSR count). The van der Waals surface area contributed by atoms with Crippen molar-refractivity contribution in [3.8, 4) is 0 Å². The van der Waals surface area contributed by atoms with E-state index in [1.165, 1.54) is 20.2 Å². The summed E-state index contributed by atoms with van der Waals surface area (Å²) in [6, 6.07) is 13.4. The molecule has 0 atom stereocenters. The number of esters is 1. The lowest BCUT2D eigenvalue weighted by Gasteiger charge is -2.51. The maximum Gasteiger partial charge on any atom is 0.356 e. The van der Waals surface area contributed by atoms with Crippen LogP contribution in [0, 0.1) is 12.7 Å². The van der Waals surface area contributed by atoms with Gasteiger partial charge in [-0.2, -0.15) is 0 Å². The molecule has 39 heavy (non-hydrogen) atoms. The number of amides is 2. The predicted octanol–water partition coefficient (Wildman–Crippen LogP) is 4.85. The molecule has 0 saturated carbocycles. The van der Waals surface area contributed by atoms with E-state index >= 15 is 0 Å². The Morgan fingerprint density at radius 2 is 1.82 bits per heavy atom. The molecule has 1 fully saturated rings. The molecular formula is C29H30ClFN4O4. The summed E-state index contributed by atoms with van der Waals surface area (Å²) < 4.78 is 19.2. The Morgan fingerprint density at radius 1 is 1.13 bits per heavy atom. The van der Waals surface area contributed by atoms with Crippen molar-refractivity contribution in [1.82, 2.24) is 10.3 Å². The van der Waals surface area contributed by atoms with Gasteiger partial charge in [0.15, 0.2) is 0 Å². The van der Waals surface area contributed by atoms with Gasteiger partial charge in [0.25, 0.3) is 5.91 Å². The Hall–Kier alpha value is -3.98. The van der Waals surface area contributed by atoms with Gasteiger partial charge in [-0.15, -0.1) is 0 Å². The summed E-state index contributed by atoms with van der Waals surface area (Å²) in [6.07, 6.45) is 0. The van der Waals surface area contributed by atoms with Gasteiger partial charge in [-0.25, -0.2) is 14.2 Å². The van der Waals surface area contributed by atoms with Crippen LogP contribution in [0.2, 0.25) is 5.02 Å². The zero-order chi connectivity index (χ0) is 28.5. The summed E-state index contributed by atoms with van der Waals surface area (Å²) in [5.41, 5.74) is 2.52. The van der Waals surface area contributed by atoms with Crippen molar-refractivity contribution < 1.29 is 23.5 Å². The summed E-state index contributed by atoms with van der Waals surface area (Å²) in [5, 5.41) is 5.09. The van der Waals surface area contributed by atoms with Gasteiger partial charge < -0.3 is 20.3 Å². The van der Waals surface area contributed by atoms with Crippen LogP contribution >= 0.6 is 11.6 Å². The van der Waals surface area contributed by atoms with E-state index < -0.39 is 23.1 Å². The molecule has 0 spiro atoms. The Kier molecular flexibility index (Phi) is 7.92. The Morgan fingerprint density at radius 3 is 2.44 bits per heavy atom. The van der Waals surface area contributed by atoms with E-state index in [1.807, 2.05) is 29.2 Å². The maximum absolute atomic E-state index is 14.4. The summed E-state index contributed by atoms with van der Waals surface area (Å²) in [5.74, 6) is -2.03. The third-order valence-electron chi connectivity index (χ3n) is 7.03. The molecule has 1 aromatic heterocycles. The smallest absolute Gasteiger partial charge is 0.356 e.